The van der Waals surface area contributed by atoms with Crippen LogP contribution in [0.1, 0.15) is 80.6 Å². The van der Waals surface area contributed by atoms with Crippen molar-refractivity contribution in [3.8, 4) is 0 Å². The molecule has 4 aliphatic heterocycles. The van der Waals surface area contributed by atoms with E-state index in [0.717, 1.165) is 25.9 Å². The number of carbonyl (C=O) groups is 3. The quantitative estimate of drug-likeness (QED) is 0.212. The van der Waals surface area contributed by atoms with Crippen molar-refractivity contribution < 1.29 is 48.3 Å². The van der Waals surface area contributed by atoms with Crippen molar-refractivity contribution in [1.29, 1.82) is 0 Å². The summed E-state index contributed by atoms with van der Waals surface area (Å²) in [6, 6.07) is -1.16. The SMILES string of the molecule is CC[C@H]1OC(=O)C(C)C(=O)[C@H](C)[C@@H](O[C@@H]2O[C@H](C(O)CN3CCCC3)CC(N(C)C)C2O)[C@](C)(OC)C[C@@H](C)CN[C@H](C)[C@H]2NC(=O)O[C@@]21C. The molecule has 4 heterocycles. The van der Waals surface area contributed by atoms with Gasteiger partial charge >= 0.3 is 12.1 Å². The first-order valence-corrected chi connectivity index (χ1v) is 18.5. The van der Waals surface area contributed by atoms with Gasteiger partial charge in [0.05, 0.1) is 30.0 Å². The fourth-order valence-corrected chi connectivity index (χ4v) is 8.57. The van der Waals surface area contributed by atoms with E-state index in [9.17, 15) is 24.6 Å². The van der Waals surface area contributed by atoms with E-state index in [1.54, 1.807) is 21.0 Å². The maximum absolute atomic E-state index is 14.3. The van der Waals surface area contributed by atoms with Gasteiger partial charge in [0.25, 0.3) is 0 Å². The van der Waals surface area contributed by atoms with Crippen LogP contribution in [0, 0.1) is 17.8 Å². The lowest BCUT2D eigenvalue weighted by molar-refractivity contribution is -0.307. The number of fused-ring (bicyclic) bond motifs is 1. The van der Waals surface area contributed by atoms with Crippen molar-refractivity contribution in [2.24, 2.45) is 17.8 Å². The van der Waals surface area contributed by atoms with Crippen LogP contribution in [0.2, 0.25) is 0 Å². The highest BCUT2D eigenvalue weighted by molar-refractivity contribution is 6.00. The Balaban J connectivity index is 1.67. The summed E-state index contributed by atoms with van der Waals surface area (Å²) >= 11 is 0. The number of carbonyl (C=O) groups excluding carboxylic acids is 3. The molecular weight excluding hydrogens is 648 g/mol. The summed E-state index contributed by atoms with van der Waals surface area (Å²) in [5, 5.41) is 29.4. The van der Waals surface area contributed by atoms with E-state index in [-0.39, 0.29) is 18.0 Å². The highest BCUT2D eigenvalue weighted by Crippen LogP contribution is 2.38. The second-order valence-corrected chi connectivity index (χ2v) is 15.9. The zero-order chi connectivity index (χ0) is 37.1. The number of likely N-dealkylation sites (tertiary alicyclic amines) is 1. The second-order valence-electron chi connectivity index (χ2n) is 15.9. The molecule has 0 radical (unpaired) electrons. The number of hydrogen-bond acceptors (Lipinski definition) is 13. The molecule has 0 saturated carbocycles. The van der Waals surface area contributed by atoms with Crippen LogP contribution in [-0.2, 0) is 33.3 Å². The number of nitrogens with one attached hydrogen (secondary N) is 2. The van der Waals surface area contributed by atoms with Crippen molar-refractivity contribution in [3.05, 3.63) is 0 Å². The second kappa shape index (κ2) is 16.8. The van der Waals surface area contributed by atoms with Gasteiger partial charge in [0, 0.05) is 31.7 Å². The zero-order valence-electron chi connectivity index (χ0n) is 31.8. The standard InChI is InChI=1S/C36H64N4O10/c1-11-27-36(7)30(38-34(45)50-36)23(5)37-18-20(2)17-35(6,46-10)31(21(3)28(42)22(4)32(44)48-27)49-33-29(43)24(39(8)9)16-26(47-33)25(41)19-40-14-12-13-15-40/h20-27,29-31,33,37,41,43H,11-19H2,1-10H3,(H,38,45)/t20-,21+,22?,23-,24?,25?,26+,27-,29?,30-,31-,33+,35-,36-/m1/s1. The van der Waals surface area contributed by atoms with E-state index in [2.05, 4.69) is 22.5 Å². The van der Waals surface area contributed by atoms with E-state index < -0.39 is 83.7 Å². The van der Waals surface area contributed by atoms with Gasteiger partial charge in [-0.15, -0.1) is 0 Å². The molecule has 4 N–H and O–H groups in total. The van der Waals surface area contributed by atoms with Crippen LogP contribution >= 0.6 is 0 Å². The van der Waals surface area contributed by atoms with Gasteiger partial charge < -0.3 is 54.3 Å². The highest BCUT2D eigenvalue weighted by atomic mass is 16.7. The third-order valence-corrected chi connectivity index (χ3v) is 11.7. The molecule has 0 aliphatic carbocycles. The van der Waals surface area contributed by atoms with Gasteiger partial charge in [-0.3, -0.25) is 9.59 Å². The zero-order valence-corrected chi connectivity index (χ0v) is 31.8. The van der Waals surface area contributed by atoms with Crippen LogP contribution in [-0.4, -0.2) is 151 Å². The Morgan fingerprint density at radius 2 is 1.76 bits per heavy atom. The van der Waals surface area contributed by atoms with Crippen molar-refractivity contribution in [1.82, 2.24) is 20.4 Å². The molecule has 0 aromatic heterocycles. The van der Waals surface area contributed by atoms with Crippen LogP contribution in [0.4, 0.5) is 4.79 Å². The number of amides is 1. The summed E-state index contributed by atoms with van der Waals surface area (Å²) in [7, 11) is 5.30. The number of ketones is 1. The number of ether oxygens (including phenoxy) is 5. The molecule has 4 fully saturated rings. The fraction of sp³-hybridized carbons (Fsp3) is 0.917. The van der Waals surface area contributed by atoms with Crippen LogP contribution < -0.4 is 10.6 Å². The van der Waals surface area contributed by atoms with Gasteiger partial charge in [0.1, 0.15) is 18.1 Å². The Morgan fingerprint density at radius 3 is 2.36 bits per heavy atom. The number of aliphatic hydroxyl groups excluding tert-OH is 2. The van der Waals surface area contributed by atoms with E-state index in [1.165, 1.54) is 6.92 Å². The van der Waals surface area contributed by atoms with Gasteiger partial charge in [-0.25, -0.2) is 4.79 Å². The lowest BCUT2D eigenvalue weighted by atomic mass is 9.78. The number of likely N-dealkylation sites (N-methyl/N-ethyl adjacent to an activating group) is 1. The van der Waals surface area contributed by atoms with Crippen molar-refractivity contribution in [3.63, 3.8) is 0 Å². The third-order valence-electron chi connectivity index (χ3n) is 11.7. The Hall–Kier alpha value is -1.91. The lowest BCUT2D eigenvalue weighted by Gasteiger charge is -2.48. The topological polar surface area (TPSA) is 168 Å². The molecule has 0 aromatic rings. The number of aliphatic hydroxyl groups is 2. The Kier molecular flexibility index (Phi) is 13.8. The van der Waals surface area contributed by atoms with Gasteiger partial charge in [0.2, 0.25) is 0 Å². The maximum Gasteiger partial charge on any atom is 0.408 e. The number of nitrogens with zero attached hydrogens (tertiary/aromatic N) is 2. The minimum atomic E-state index is -1.19. The Morgan fingerprint density at radius 1 is 1.10 bits per heavy atom. The molecule has 50 heavy (non-hydrogen) atoms. The molecule has 1 amide bonds. The van der Waals surface area contributed by atoms with Gasteiger partial charge in [0.15, 0.2) is 17.7 Å². The summed E-state index contributed by atoms with van der Waals surface area (Å²) in [6.45, 7) is 15.5. The molecule has 0 aromatic carbocycles. The average molecular weight is 713 g/mol. The summed E-state index contributed by atoms with van der Waals surface area (Å²) in [5.41, 5.74) is -2.25. The number of alkyl carbamates (subject to hydrolysis) is 1. The first-order chi connectivity index (χ1) is 23.4. The lowest BCUT2D eigenvalue weighted by Crippen LogP contribution is -2.61. The molecule has 4 aliphatic rings. The summed E-state index contributed by atoms with van der Waals surface area (Å²) in [4.78, 5) is 44.6. The smallest absolute Gasteiger partial charge is 0.408 e. The van der Waals surface area contributed by atoms with Crippen molar-refractivity contribution in [2.45, 2.75) is 147 Å². The van der Waals surface area contributed by atoms with Crippen LogP contribution in [0.3, 0.4) is 0 Å². The molecule has 4 saturated heterocycles. The van der Waals surface area contributed by atoms with Crippen LogP contribution in [0.25, 0.3) is 0 Å². The Labute approximate surface area is 298 Å². The monoisotopic (exact) mass is 712 g/mol. The molecule has 0 spiro atoms. The Bertz CT molecular complexity index is 1170. The van der Waals surface area contributed by atoms with E-state index in [1.807, 2.05) is 39.8 Å². The van der Waals surface area contributed by atoms with Crippen molar-refractivity contribution >= 4 is 17.8 Å². The average Bonchev–Trinajstić information content (AvgIpc) is 3.70. The predicted molar refractivity (Wildman–Crippen MR) is 185 cm³/mol. The number of hydrogen-bond donors (Lipinski definition) is 4. The number of methoxy groups -OCH3 is 1. The minimum Gasteiger partial charge on any atom is -0.458 e. The first-order valence-electron chi connectivity index (χ1n) is 18.5. The van der Waals surface area contributed by atoms with E-state index in [4.69, 9.17) is 23.7 Å². The molecule has 4 rings (SSSR count). The summed E-state index contributed by atoms with van der Waals surface area (Å²) in [6.07, 6.45) is -2.69. The van der Waals surface area contributed by atoms with Gasteiger partial charge in [-0.1, -0.05) is 20.8 Å². The number of β-amino-alcohol motifs (C(OH)–C–C–N with tert-alkyl or cyclic N) is 1. The van der Waals surface area contributed by atoms with E-state index >= 15 is 0 Å². The summed E-state index contributed by atoms with van der Waals surface area (Å²) in [5.74, 6) is -3.24. The molecule has 4 unspecified atom stereocenters. The largest absolute Gasteiger partial charge is 0.458 e. The number of Topliss-reactive ketones (excluding diaryl/α,β-unsaturated/α-hetero) is 1. The van der Waals surface area contributed by atoms with E-state index in [0.29, 0.717) is 32.4 Å². The van der Waals surface area contributed by atoms with Gasteiger partial charge in [-0.2, -0.15) is 0 Å². The molecule has 288 valence electrons. The van der Waals surface area contributed by atoms with Crippen LogP contribution in [0.5, 0.6) is 0 Å². The number of rotatable bonds is 8. The first kappa shape index (κ1) is 40.9. The number of esters is 1. The summed E-state index contributed by atoms with van der Waals surface area (Å²) < 4.78 is 31.1. The highest BCUT2D eigenvalue weighted by Gasteiger charge is 2.55. The number of cyclic esters (lactones) is 1. The molecule has 14 atom stereocenters. The fourth-order valence-electron chi connectivity index (χ4n) is 8.57. The normalized spacial score (nSPS) is 43.4. The molecule has 14 nitrogen and oxygen atoms in total. The van der Waals surface area contributed by atoms with Crippen molar-refractivity contribution in [2.75, 3.05) is 47.4 Å². The van der Waals surface area contributed by atoms with Gasteiger partial charge in [-0.05, 0) is 99.4 Å². The molecule has 14 heteroatoms. The predicted octanol–water partition coefficient (Wildman–Crippen LogP) is 1.69. The molecule has 0 bridgehead atoms. The minimum absolute atomic E-state index is 0.00996. The maximum atomic E-state index is 14.3. The molecular formula is C36H64N4O10. The van der Waals surface area contributed by atoms with Crippen LogP contribution in [0.15, 0.2) is 0 Å². The third kappa shape index (κ3) is 8.82.